The Morgan fingerprint density at radius 3 is 2.63 bits per heavy atom. The monoisotopic (exact) mass is 477 g/mol. The molecule has 0 bridgehead atoms. The molecular weight excluding hydrogens is 454 g/mol. The Balaban J connectivity index is 1.84. The van der Waals surface area contributed by atoms with E-state index in [1.807, 2.05) is 6.92 Å². The van der Waals surface area contributed by atoms with E-state index in [1.165, 1.54) is 4.90 Å². The van der Waals surface area contributed by atoms with Crippen LogP contribution in [-0.4, -0.2) is 44.2 Å². The number of aliphatic hydroxyl groups excluding tert-OH is 1. The van der Waals surface area contributed by atoms with Crippen molar-refractivity contribution in [3.8, 4) is 0 Å². The number of nitrogens with zero attached hydrogens (tertiary/aromatic N) is 3. The minimum absolute atomic E-state index is 0.0250. The average Bonchev–Trinajstić information content (AvgIpc) is 3.03. The van der Waals surface area contributed by atoms with Crippen molar-refractivity contribution >= 4 is 28.0 Å². The predicted molar refractivity (Wildman–Crippen MR) is 112 cm³/mol. The number of aliphatic hydroxyl groups is 1. The number of hydrogen-bond donors (Lipinski definition) is 1. The molecule has 1 aromatic heterocycles. The van der Waals surface area contributed by atoms with Crippen LogP contribution >= 0.6 is 15.9 Å². The van der Waals surface area contributed by atoms with Gasteiger partial charge in [-0.1, -0.05) is 6.07 Å². The van der Waals surface area contributed by atoms with E-state index in [4.69, 9.17) is 9.47 Å². The number of fused-ring (bicyclic) bond motifs is 1. The minimum Gasteiger partial charge on any atom is -0.457 e. The summed E-state index contributed by atoms with van der Waals surface area (Å²) in [6, 6.07) is 3.33. The summed E-state index contributed by atoms with van der Waals surface area (Å²) in [7, 11) is 0. The van der Waals surface area contributed by atoms with Crippen molar-refractivity contribution < 1.29 is 24.2 Å². The maximum atomic E-state index is 12.8. The maximum Gasteiger partial charge on any atom is 0.410 e. The fourth-order valence-corrected chi connectivity index (χ4v) is 3.36. The minimum atomic E-state index is -0.992. The van der Waals surface area contributed by atoms with Crippen molar-refractivity contribution in [2.45, 2.75) is 52.6 Å². The van der Waals surface area contributed by atoms with Crippen LogP contribution in [0.15, 0.2) is 29.0 Å². The Bertz CT molecular complexity index is 956. The molecule has 160 valence electrons. The molecule has 0 saturated carbocycles. The van der Waals surface area contributed by atoms with Crippen molar-refractivity contribution in [1.82, 2.24) is 14.9 Å². The van der Waals surface area contributed by atoms with E-state index >= 15 is 0 Å². The molecule has 3 rings (SSSR count). The Labute approximate surface area is 183 Å². The van der Waals surface area contributed by atoms with E-state index in [2.05, 4.69) is 25.9 Å². The number of hydrogen-bond acceptors (Lipinski definition) is 7. The van der Waals surface area contributed by atoms with Gasteiger partial charge in [0.2, 0.25) is 0 Å². The lowest BCUT2D eigenvalue weighted by molar-refractivity contribution is 0.0117. The zero-order valence-corrected chi connectivity index (χ0v) is 18.9. The number of cyclic esters (lactones) is 1. The highest BCUT2D eigenvalue weighted by Gasteiger charge is 2.29. The Morgan fingerprint density at radius 1 is 1.33 bits per heavy atom. The van der Waals surface area contributed by atoms with Gasteiger partial charge in [-0.05, 0) is 60.8 Å². The van der Waals surface area contributed by atoms with Crippen molar-refractivity contribution in [2.75, 3.05) is 6.54 Å². The van der Waals surface area contributed by atoms with Crippen LogP contribution < -0.4 is 0 Å². The Kier molecular flexibility index (Phi) is 6.42. The van der Waals surface area contributed by atoms with Gasteiger partial charge in [-0.15, -0.1) is 0 Å². The highest BCUT2D eigenvalue weighted by molar-refractivity contribution is 9.10. The van der Waals surface area contributed by atoms with Crippen molar-refractivity contribution in [3.05, 3.63) is 57.1 Å². The van der Waals surface area contributed by atoms with Gasteiger partial charge in [0.05, 0.1) is 29.2 Å². The molecule has 8 nitrogen and oxygen atoms in total. The van der Waals surface area contributed by atoms with Crippen molar-refractivity contribution in [2.24, 2.45) is 0 Å². The first-order valence-electron chi connectivity index (χ1n) is 9.47. The van der Waals surface area contributed by atoms with E-state index in [9.17, 15) is 14.7 Å². The summed E-state index contributed by atoms with van der Waals surface area (Å²) in [5.74, 6) is 0.0536. The lowest BCUT2D eigenvalue weighted by Gasteiger charge is -2.29. The lowest BCUT2D eigenvalue weighted by Crippen LogP contribution is -2.39. The zero-order chi connectivity index (χ0) is 22.1. The van der Waals surface area contributed by atoms with Gasteiger partial charge in [-0.3, -0.25) is 4.90 Å². The summed E-state index contributed by atoms with van der Waals surface area (Å²) >= 11 is 3.28. The van der Waals surface area contributed by atoms with Gasteiger partial charge < -0.3 is 14.6 Å². The topological polar surface area (TPSA) is 102 Å². The number of ether oxygens (including phenoxy) is 2. The fourth-order valence-electron chi connectivity index (χ4n) is 3.16. The summed E-state index contributed by atoms with van der Waals surface area (Å²) in [4.78, 5) is 34.3. The van der Waals surface area contributed by atoms with Gasteiger partial charge in [-0.2, -0.15) is 0 Å². The van der Waals surface area contributed by atoms with Crippen LogP contribution in [-0.2, 0) is 22.6 Å². The number of rotatable bonds is 5. The highest BCUT2D eigenvalue weighted by atomic mass is 79.9. The molecule has 2 heterocycles. The van der Waals surface area contributed by atoms with E-state index in [0.717, 1.165) is 15.6 Å². The number of halogens is 1. The number of carbonyl (C=O) groups is 2. The van der Waals surface area contributed by atoms with Crippen LogP contribution in [0, 0.1) is 6.92 Å². The van der Waals surface area contributed by atoms with Gasteiger partial charge in [0.25, 0.3) is 0 Å². The van der Waals surface area contributed by atoms with Crippen LogP contribution in [0.3, 0.4) is 0 Å². The summed E-state index contributed by atoms with van der Waals surface area (Å²) in [5, 5.41) is 10.9. The Hall–Kier alpha value is -2.52. The number of amides is 1. The van der Waals surface area contributed by atoms with Crippen LogP contribution in [0.1, 0.15) is 59.7 Å². The van der Waals surface area contributed by atoms with Gasteiger partial charge >= 0.3 is 12.1 Å². The van der Waals surface area contributed by atoms with Gasteiger partial charge in [0.1, 0.15) is 18.0 Å². The lowest BCUT2D eigenvalue weighted by atomic mass is 9.95. The second-order valence-corrected chi connectivity index (χ2v) is 8.99. The van der Waals surface area contributed by atoms with Crippen LogP contribution in [0.4, 0.5) is 4.79 Å². The molecule has 0 aliphatic carbocycles. The molecule has 30 heavy (non-hydrogen) atoms. The summed E-state index contributed by atoms with van der Waals surface area (Å²) in [5.41, 5.74) is 1.97. The molecule has 0 spiro atoms. The molecular formula is C21H24BrN3O5. The second kappa shape index (κ2) is 8.69. The Morgan fingerprint density at radius 2 is 2.00 bits per heavy atom. The quantitative estimate of drug-likeness (QED) is 0.654. The smallest absolute Gasteiger partial charge is 0.410 e. The first kappa shape index (κ1) is 22.2. The molecule has 1 aromatic carbocycles. The molecule has 2 aromatic rings. The van der Waals surface area contributed by atoms with Gasteiger partial charge in [0, 0.05) is 18.0 Å². The molecule has 1 aliphatic rings. The standard InChI is InChI=1S/C21H24BrN3O5/c1-12-14(5-6-15-16(12)11-29-19(15)27)17(26)9-25(20(28)30-21(2,3)4)10-18-23-7-13(22)8-24-18/h5-8,17,26H,9-11H2,1-4H3/t17-/m0/s1. The van der Waals surface area contributed by atoms with E-state index < -0.39 is 17.8 Å². The predicted octanol–water partition coefficient (Wildman–Crippen LogP) is 3.69. The molecule has 9 heteroatoms. The normalized spacial score (nSPS) is 14.1. The third-order valence-corrected chi connectivity index (χ3v) is 5.03. The van der Waals surface area contributed by atoms with E-state index in [1.54, 1.807) is 45.3 Å². The number of aromatic nitrogens is 2. The summed E-state index contributed by atoms with van der Waals surface area (Å²) in [6.07, 6.45) is 1.61. The number of benzene rings is 1. The van der Waals surface area contributed by atoms with E-state index in [-0.39, 0.29) is 25.7 Å². The van der Waals surface area contributed by atoms with E-state index in [0.29, 0.717) is 17.0 Å². The first-order chi connectivity index (χ1) is 14.0. The maximum absolute atomic E-state index is 12.8. The molecule has 0 unspecified atom stereocenters. The largest absolute Gasteiger partial charge is 0.457 e. The third kappa shape index (κ3) is 5.14. The molecule has 0 radical (unpaired) electrons. The molecule has 1 atom stereocenters. The second-order valence-electron chi connectivity index (χ2n) is 8.08. The highest BCUT2D eigenvalue weighted by Crippen LogP contribution is 2.29. The molecule has 0 fully saturated rings. The van der Waals surface area contributed by atoms with Crippen LogP contribution in [0.25, 0.3) is 0 Å². The number of esters is 1. The van der Waals surface area contributed by atoms with Gasteiger partial charge in [-0.25, -0.2) is 19.6 Å². The summed E-state index contributed by atoms with van der Waals surface area (Å²) < 4.78 is 11.3. The van der Waals surface area contributed by atoms with Crippen LogP contribution in [0.2, 0.25) is 0 Å². The summed E-state index contributed by atoms with van der Waals surface area (Å²) in [6.45, 7) is 7.39. The fraction of sp³-hybridized carbons (Fsp3) is 0.429. The SMILES string of the molecule is Cc1c([C@@H](O)CN(Cc2ncc(Br)cn2)C(=O)OC(C)(C)C)ccc2c1COC2=O. The van der Waals surface area contributed by atoms with Crippen LogP contribution in [0.5, 0.6) is 0 Å². The molecule has 0 saturated heterocycles. The molecule has 1 amide bonds. The average molecular weight is 478 g/mol. The van der Waals surface area contributed by atoms with Crippen molar-refractivity contribution in [3.63, 3.8) is 0 Å². The van der Waals surface area contributed by atoms with Crippen molar-refractivity contribution in [1.29, 1.82) is 0 Å². The molecule has 1 N–H and O–H groups in total. The zero-order valence-electron chi connectivity index (χ0n) is 17.3. The third-order valence-electron chi connectivity index (χ3n) is 4.62. The number of carbonyl (C=O) groups excluding carboxylic acids is 2. The molecule has 1 aliphatic heterocycles. The first-order valence-corrected chi connectivity index (χ1v) is 10.3. The van der Waals surface area contributed by atoms with Gasteiger partial charge in [0.15, 0.2) is 0 Å².